The smallest absolute Gasteiger partial charge is 0.334 e. The van der Waals surface area contributed by atoms with Gasteiger partial charge in [-0.1, -0.05) is 110 Å². The zero-order valence-corrected chi connectivity index (χ0v) is 27.4. The molecule has 1 N–H and O–H groups in total. The predicted molar refractivity (Wildman–Crippen MR) is 171 cm³/mol. The Hall–Kier alpha value is -2.74. The number of esters is 3. The average Bonchev–Trinajstić information content (AvgIpc) is 3.29. The number of aliphatic hydroxyl groups is 1. The molecule has 1 fully saturated rings. The van der Waals surface area contributed by atoms with Gasteiger partial charge in [0.15, 0.2) is 12.2 Å². The minimum absolute atomic E-state index is 0.0638. The number of hydrogen-bond donors (Lipinski definition) is 1. The molecule has 2 rings (SSSR count). The van der Waals surface area contributed by atoms with Crippen LogP contribution >= 0.6 is 0 Å². The third-order valence-electron chi connectivity index (χ3n) is 8.84. The molecule has 44 heavy (non-hydrogen) atoms. The number of carbonyl (C=O) groups excluding carboxylic acids is 4. The number of unbranched alkanes of at least 4 members (excludes halogenated alkanes) is 12. The molecule has 0 amide bonds. The Morgan fingerprint density at radius 2 is 1.59 bits per heavy atom. The fraction of sp³-hybridized carbons (Fsp3) is 0.722. The molecule has 0 aromatic rings. The van der Waals surface area contributed by atoms with Crippen molar-refractivity contribution in [3.8, 4) is 0 Å². The molecule has 0 saturated carbocycles. The number of ether oxygens (including phenoxy) is 3. The van der Waals surface area contributed by atoms with E-state index in [0.29, 0.717) is 37.5 Å². The van der Waals surface area contributed by atoms with Gasteiger partial charge in [0, 0.05) is 17.6 Å². The first-order valence-electron chi connectivity index (χ1n) is 17.0. The van der Waals surface area contributed by atoms with Crippen LogP contribution in [0.15, 0.2) is 35.5 Å². The molecule has 248 valence electrons. The second-order valence-corrected chi connectivity index (χ2v) is 12.4. The Morgan fingerprint density at radius 1 is 1.00 bits per heavy atom. The summed E-state index contributed by atoms with van der Waals surface area (Å²) in [5.74, 6) is -3.04. The van der Waals surface area contributed by atoms with E-state index in [1.807, 2.05) is 6.92 Å². The SMILES string of the molecule is C=C1C(=O)O[C@@H]2/C=C(\CO)CC/C=C(\C=O)[C@@H](OC(=O)CCCCCCCCCCCCCCC)[C@@H](OC(=O)[C@@H](C)CC)[C@H]12. The number of aldehydes is 1. The van der Waals surface area contributed by atoms with Crippen molar-refractivity contribution in [1.29, 1.82) is 0 Å². The molecular formula is C36H56O8. The molecule has 1 aliphatic carbocycles. The van der Waals surface area contributed by atoms with Gasteiger partial charge in [-0.15, -0.1) is 0 Å². The maximum Gasteiger partial charge on any atom is 0.334 e. The summed E-state index contributed by atoms with van der Waals surface area (Å²) in [7, 11) is 0. The number of hydrogen-bond acceptors (Lipinski definition) is 8. The molecule has 0 bridgehead atoms. The Labute approximate surface area is 264 Å². The first-order valence-corrected chi connectivity index (χ1v) is 17.0. The van der Waals surface area contributed by atoms with E-state index in [1.54, 1.807) is 19.1 Å². The molecule has 0 radical (unpaired) electrons. The van der Waals surface area contributed by atoms with Crippen molar-refractivity contribution in [2.45, 2.75) is 148 Å². The van der Waals surface area contributed by atoms with E-state index in [-0.39, 0.29) is 24.2 Å². The van der Waals surface area contributed by atoms with Gasteiger partial charge in [-0.3, -0.25) is 14.4 Å². The number of aliphatic hydroxyl groups excluding tert-OH is 1. The third-order valence-corrected chi connectivity index (χ3v) is 8.84. The van der Waals surface area contributed by atoms with Gasteiger partial charge in [-0.05, 0) is 37.3 Å². The number of carbonyl (C=O) groups is 4. The van der Waals surface area contributed by atoms with Crippen LogP contribution in [0.4, 0.5) is 0 Å². The summed E-state index contributed by atoms with van der Waals surface area (Å²) in [5, 5.41) is 9.87. The van der Waals surface area contributed by atoms with Crippen molar-refractivity contribution >= 4 is 24.2 Å². The van der Waals surface area contributed by atoms with Crippen molar-refractivity contribution in [3.63, 3.8) is 0 Å². The topological polar surface area (TPSA) is 116 Å². The van der Waals surface area contributed by atoms with Crippen LogP contribution in [-0.4, -0.2) is 54.2 Å². The Morgan fingerprint density at radius 3 is 2.14 bits per heavy atom. The second-order valence-electron chi connectivity index (χ2n) is 12.4. The van der Waals surface area contributed by atoms with E-state index in [0.717, 1.165) is 19.3 Å². The third kappa shape index (κ3) is 12.3. The van der Waals surface area contributed by atoms with Crippen LogP contribution in [0.3, 0.4) is 0 Å². The fourth-order valence-electron chi connectivity index (χ4n) is 5.79. The van der Waals surface area contributed by atoms with E-state index in [1.165, 1.54) is 57.8 Å². The molecule has 5 atom stereocenters. The van der Waals surface area contributed by atoms with Crippen molar-refractivity contribution in [3.05, 3.63) is 35.5 Å². The van der Waals surface area contributed by atoms with Crippen LogP contribution in [0.2, 0.25) is 0 Å². The lowest BCUT2D eigenvalue weighted by Crippen LogP contribution is -2.46. The summed E-state index contributed by atoms with van der Waals surface area (Å²) in [6, 6.07) is 0. The predicted octanol–water partition coefficient (Wildman–Crippen LogP) is 7.27. The maximum absolute atomic E-state index is 13.1. The zero-order valence-electron chi connectivity index (χ0n) is 27.4. The highest BCUT2D eigenvalue weighted by atomic mass is 16.6. The Kier molecular flexibility index (Phi) is 17.9. The molecule has 8 heteroatoms. The van der Waals surface area contributed by atoms with Crippen molar-refractivity contribution < 1.29 is 38.5 Å². The van der Waals surface area contributed by atoms with Gasteiger partial charge in [0.1, 0.15) is 12.4 Å². The van der Waals surface area contributed by atoms with Crippen molar-refractivity contribution in [1.82, 2.24) is 0 Å². The monoisotopic (exact) mass is 616 g/mol. The Balaban J connectivity index is 2.04. The van der Waals surface area contributed by atoms with Crippen LogP contribution in [0.25, 0.3) is 0 Å². The Bertz CT molecular complexity index is 996. The van der Waals surface area contributed by atoms with Crippen LogP contribution in [-0.2, 0) is 33.4 Å². The first kappa shape index (κ1) is 37.4. The fourth-order valence-corrected chi connectivity index (χ4v) is 5.79. The highest BCUT2D eigenvalue weighted by Gasteiger charge is 2.49. The van der Waals surface area contributed by atoms with Crippen LogP contribution in [0, 0.1) is 11.8 Å². The molecule has 0 unspecified atom stereocenters. The molecule has 0 spiro atoms. The number of rotatable bonds is 20. The molecular weight excluding hydrogens is 560 g/mol. The summed E-state index contributed by atoms with van der Waals surface area (Å²) < 4.78 is 17.4. The lowest BCUT2D eigenvalue weighted by atomic mass is 9.83. The molecule has 0 aromatic carbocycles. The minimum atomic E-state index is -1.22. The highest BCUT2D eigenvalue weighted by molar-refractivity contribution is 5.91. The van der Waals surface area contributed by atoms with Crippen molar-refractivity contribution in [2.75, 3.05) is 6.61 Å². The van der Waals surface area contributed by atoms with Gasteiger partial charge in [-0.2, -0.15) is 0 Å². The summed E-state index contributed by atoms with van der Waals surface area (Å²) in [5.41, 5.74) is 0.832. The lowest BCUT2D eigenvalue weighted by molar-refractivity contribution is -0.172. The average molecular weight is 617 g/mol. The number of fused-ring (bicyclic) bond motifs is 1. The van der Waals surface area contributed by atoms with Gasteiger partial charge < -0.3 is 19.3 Å². The quantitative estimate of drug-likeness (QED) is 0.0379. The highest BCUT2D eigenvalue weighted by Crippen LogP contribution is 2.38. The van der Waals surface area contributed by atoms with Crippen molar-refractivity contribution in [2.24, 2.45) is 11.8 Å². The van der Waals surface area contributed by atoms with Crippen LogP contribution in [0.1, 0.15) is 130 Å². The van der Waals surface area contributed by atoms with E-state index < -0.39 is 48.1 Å². The van der Waals surface area contributed by atoms with Gasteiger partial charge in [0.25, 0.3) is 0 Å². The molecule has 1 aliphatic heterocycles. The van der Waals surface area contributed by atoms with Gasteiger partial charge in [0.05, 0.1) is 18.4 Å². The molecule has 2 aliphatic rings. The zero-order chi connectivity index (χ0) is 32.3. The summed E-state index contributed by atoms with van der Waals surface area (Å²) in [6.07, 6.45) is 17.5. The van der Waals surface area contributed by atoms with E-state index in [2.05, 4.69) is 13.5 Å². The van der Waals surface area contributed by atoms with Gasteiger partial charge in [0.2, 0.25) is 0 Å². The van der Waals surface area contributed by atoms with Gasteiger partial charge in [-0.25, -0.2) is 4.79 Å². The maximum atomic E-state index is 13.1. The molecule has 8 nitrogen and oxygen atoms in total. The van der Waals surface area contributed by atoms with Crippen LogP contribution in [0.5, 0.6) is 0 Å². The lowest BCUT2D eigenvalue weighted by Gasteiger charge is -2.33. The number of allylic oxidation sites excluding steroid dienone is 1. The van der Waals surface area contributed by atoms with Crippen LogP contribution < -0.4 is 0 Å². The van der Waals surface area contributed by atoms with E-state index in [4.69, 9.17) is 14.2 Å². The summed E-state index contributed by atoms with van der Waals surface area (Å²) in [4.78, 5) is 51.1. The first-order chi connectivity index (χ1) is 21.3. The van der Waals surface area contributed by atoms with E-state index in [9.17, 15) is 24.3 Å². The van der Waals surface area contributed by atoms with E-state index >= 15 is 0 Å². The molecule has 1 heterocycles. The largest absolute Gasteiger partial charge is 0.457 e. The standard InChI is InChI=1S/C36H56O8/c1-5-7-8-9-10-11-12-13-14-15-16-17-18-22-31(39)43-33-29(25-38)21-19-20-28(24-37)23-30-32(27(4)36(41)42-30)34(33)44-35(40)26(3)6-2/h21,23,25-26,30,32-34,37H,4-20,22,24H2,1-3H3/b28-23-,29-21+/t26-,30+,32+,33+,34-/m0/s1. The summed E-state index contributed by atoms with van der Waals surface area (Å²) in [6.45, 7) is 9.45. The normalized spacial score (nSPS) is 25.1. The van der Waals surface area contributed by atoms with Gasteiger partial charge >= 0.3 is 17.9 Å². The second kappa shape index (κ2) is 21.1. The molecule has 1 saturated heterocycles. The summed E-state index contributed by atoms with van der Waals surface area (Å²) >= 11 is 0. The molecule has 0 aromatic heterocycles. The minimum Gasteiger partial charge on any atom is -0.457 e.